The van der Waals surface area contributed by atoms with Gasteiger partial charge in [0.2, 0.25) is 14.2 Å². The Bertz CT molecular complexity index is 1100. The zero-order valence-electron chi connectivity index (χ0n) is 13.7. The average molecular weight is 381 g/mol. The van der Waals surface area contributed by atoms with E-state index in [1.807, 2.05) is 54.7 Å². The van der Waals surface area contributed by atoms with Crippen molar-refractivity contribution in [3.63, 3.8) is 0 Å². The molecule has 26 heavy (non-hydrogen) atoms. The van der Waals surface area contributed by atoms with Gasteiger partial charge in [0.05, 0.1) is 17.1 Å². The zero-order chi connectivity index (χ0) is 18.0. The Morgan fingerprint density at radius 3 is 2.42 bits per heavy atom. The summed E-state index contributed by atoms with van der Waals surface area (Å²) in [6.07, 6.45) is 3.54. The highest BCUT2D eigenvalue weighted by Crippen LogP contribution is 2.26. The van der Waals surface area contributed by atoms with Crippen LogP contribution in [0.5, 0.6) is 0 Å². The summed E-state index contributed by atoms with van der Waals surface area (Å²) in [5.41, 5.74) is 3.20. The van der Waals surface area contributed by atoms with Crippen LogP contribution >= 0.6 is 11.3 Å². The maximum absolute atomic E-state index is 12.7. The number of hydrogen-bond donors (Lipinski definition) is 0. The number of hydrogen-bond acceptors (Lipinski definition) is 5. The number of sulfone groups is 1. The zero-order valence-corrected chi connectivity index (χ0v) is 15.3. The summed E-state index contributed by atoms with van der Waals surface area (Å²) in [7, 11) is -3.48. The van der Waals surface area contributed by atoms with E-state index in [1.54, 1.807) is 28.4 Å². The molecule has 7 heteroatoms. The van der Waals surface area contributed by atoms with E-state index in [9.17, 15) is 8.42 Å². The van der Waals surface area contributed by atoms with Crippen LogP contribution in [0.4, 0.5) is 0 Å². The molecule has 0 aliphatic carbocycles. The second-order valence-electron chi connectivity index (χ2n) is 5.74. The first-order valence-electron chi connectivity index (χ1n) is 7.94. The molecule has 5 nitrogen and oxygen atoms in total. The van der Waals surface area contributed by atoms with Crippen LogP contribution in [0, 0.1) is 0 Å². The minimum absolute atomic E-state index is 0.0753. The Kier molecular flexibility index (Phi) is 4.40. The fourth-order valence-corrected chi connectivity index (χ4v) is 5.04. The highest BCUT2D eigenvalue weighted by Gasteiger charge is 2.20. The van der Waals surface area contributed by atoms with Gasteiger partial charge in [0.15, 0.2) is 0 Å². The fraction of sp³-hybridized carbons (Fsp3) is 0.0526. The molecule has 0 aliphatic rings. The van der Waals surface area contributed by atoms with Crippen molar-refractivity contribution in [2.24, 2.45) is 0 Å². The van der Waals surface area contributed by atoms with Gasteiger partial charge in [0.25, 0.3) is 0 Å². The topological polar surface area (TPSA) is 64.8 Å². The highest BCUT2D eigenvalue weighted by molar-refractivity contribution is 7.92. The van der Waals surface area contributed by atoms with Crippen LogP contribution in [-0.2, 0) is 15.6 Å². The number of thiazole rings is 1. The van der Waals surface area contributed by atoms with Gasteiger partial charge in [0, 0.05) is 23.3 Å². The van der Waals surface area contributed by atoms with Crippen LogP contribution in [0.25, 0.3) is 16.9 Å². The van der Waals surface area contributed by atoms with Crippen LogP contribution in [0.3, 0.4) is 0 Å². The van der Waals surface area contributed by atoms with Crippen molar-refractivity contribution >= 4 is 21.2 Å². The van der Waals surface area contributed by atoms with Gasteiger partial charge in [-0.05, 0) is 23.8 Å². The number of benzene rings is 2. The van der Waals surface area contributed by atoms with E-state index >= 15 is 0 Å². The van der Waals surface area contributed by atoms with Crippen molar-refractivity contribution in [2.75, 3.05) is 0 Å². The van der Waals surface area contributed by atoms with E-state index in [1.165, 1.54) is 0 Å². The first-order chi connectivity index (χ1) is 12.6. The normalized spacial score (nSPS) is 11.5. The van der Waals surface area contributed by atoms with Crippen LogP contribution in [0.15, 0.2) is 82.8 Å². The van der Waals surface area contributed by atoms with Crippen molar-refractivity contribution in [1.82, 2.24) is 14.8 Å². The van der Waals surface area contributed by atoms with Gasteiger partial charge in [-0.2, -0.15) is 5.10 Å². The molecule has 0 N–H and O–H groups in total. The Balaban J connectivity index is 1.55. The van der Waals surface area contributed by atoms with Crippen molar-refractivity contribution in [1.29, 1.82) is 0 Å². The Labute approximate surface area is 155 Å². The monoisotopic (exact) mass is 381 g/mol. The second kappa shape index (κ2) is 6.86. The van der Waals surface area contributed by atoms with Crippen LogP contribution < -0.4 is 0 Å². The summed E-state index contributed by atoms with van der Waals surface area (Å²) in [6.45, 7) is 0. The number of rotatable bonds is 5. The van der Waals surface area contributed by atoms with Gasteiger partial charge in [-0.3, -0.25) is 0 Å². The molecule has 0 spiro atoms. The van der Waals surface area contributed by atoms with Crippen LogP contribution in [0.1, 0.15) is 5.56 Å². The third kappa shape index (κ3) is 3.44. The highest BCUT2D eigenvalue weighted by atomic mass is 32.2. The molecule has 4 rings (SSSR count). The molecule has 2 aromatic carbocycles. The smallest absolute Gasteiger partial charge is 0.210 e. The predicted octanol–water partition coefficient (Wildman–Crippen LogP) is 3.97. The fourth-order valence-electron chi connectivity index (χ4n) is 2.59. The minimum atomic E-state index is -3.48. The van der Waals surface area contributed by atoms with E-state index in [0.717, 1.165) is 28.2 Å². The summed E-state index contributed by atoms with van der Waals surface area (Å²) >= 11 is 1.16. The number of aromatic nitrogens is 3. The molecule has 0 saturated heterocycles. The van der Waals surface area contributed by atoms with Crippen molar-refractivity contribution < 1.29 is 8.42 Å². The second-order valence-corrected chi connectivity index (χ2v) is 8.76. The number of nitrogens with zero attached hydrogens (tertiary/aromatic N) is 3. The van der Waals surface area contributed by atoms with Crippen molar-refractivity contribution in [3.8, 4) is 16.9 Å². The molecule has 0 saturated carbocycles. The molecule has 0 aliphatic heterocycles. The minimum Gasteiger partial charge on any atom is -0.241 e. The molecule has 0 atom stereocenters. The molecule has 2 heterocycles. The van der Waals surface area contributed by atoms with Gasteiger partial charge in [-0.1, -0.05) is 42.5 Å². The van der Waals surface area contributed by atoms with E-state index in [0.29, 0.717) is 5.69 Å². The van der Waals surface area contributed by atoms with E-state index in [-0.39, 0.29) is 10.1 Å². The molecule has 130 valence electrons. The molecule has 0 amide bonds. The summed E-state index contributed by atoms with van der Waals surface area (Å²) in [5.74, 6) is -0.0753. The Morgan fingerprint density at radius 2 is 1.73 bits per heavy atom. The quantitative estimate of drug-likeness (QED) is 0.525. The molecule has 0 fully saturated rings. The SMILES string of the molecule is O=S(=O)(Cc1ccc(-n2cccn2)cc1)c1nc(-c2ccccc2)cs1. The summed E-state index contributed by atoms with van der Waals surface area (Å²) < 4.78 is 27.3. The first kappa shape index (κ1) is 16.7. The third-order valence-electron chi connectivity index (χ3n) is 3.88. The average Bonchev–Trinajstić information content (AvgIpc) is 3.35. The lowest BCUT2D eigenvalue weighted by Crippen LogP contribution is -2.05. The van der Waals surface area contributed by atoms with Gasteiger partial charge in [-0.25, -0.2) is 18.1 Å². The van der Waals surface area contributed by atoms with Gasteiger partial charge in [-0.15, -0.1) is 11.3 Å². The predicted molar refractivity (Wildman–Crippen MR) is 102 cm³/mol. The van der Waals surface area contributed by atoms with Crippen molar-refractivity contribution in [2.45, 2.75) is 10.1 Å². The van der Waals surface area contributed by atoms with Crippen LogP contribution in [0.2, 0.25) is 0 Å². The lowest BCUT2D eigenvalue weighted by Gasteiger charge is -2.04. The Hall–Kier alpha value is -2.77. The molecule has 2 aromatic heterocycles. The molecule has 0 unspecified atom stereocenters. The Morgan fingerprint density at radius 1 is 0.962 bits per heavy atom. The molecule has 0 radical (unpaired) electrons. The lowest BCUT2D eigenvalue weighted by atomic mass is 10.2. The van der Waals surface area contributed by atoms with Gasteiger partial charge in [0.1, 0.15) is 0 Å². The van der Waals surface area contributed by atoms with E-state index in [2.05, 4.69) is 10.1 Å². The first-order valence-corrected chi connectivity index (χ1v) is 10.5. The molecule has 4 aromatic rings. The molecular weight excluding hydrogens is 366 g/mol. The summed E-state index contributed by atoms with van der Waals surface area (Å²) in [4.78, 5) is 4.32. The molecule has 0 bridgehead atoms. The van der Waals surface area contributed by atoms with E-state index < -0.39 is 9.84 Å². The van der Waals surface area contributed by atoms with E-state index in [4.69, 9.17) is 0 Å². The maximum atomic E-state index is 12.7. The maximum Gasteiger partial charge on any atom is 0.210 e. The summed E-state index contributed by atoms with van der Waals surface area (Å²) in [5, 5.41) is 5.94. The lowest BCUT2D eigenvalue weighted by molar-refractivity contribution is 0.594. The largest absolute Gasteiger partial charge is 0.241 e. The van der Waals surface area contributed by atoms with Gasteiger partial charge < -0.3 is 0 Å². The summed E-state index contributed by atoms with van der Waals surface area (Å²) in [6, 6.07) is 18.7. The third-order valence-corrected chi connectivity index (χ3v) is 6.90. The van der Waals surface area contributed by atoms with Gasteiger partial charge >= 0.3 is 0 Å². The standard InChI is InChI=1S/C19H15N3O2S2/c23-26(24,19-21-18(13-25-19)16-5-2-1-3-6-16)14-15-7-9-17(10-8-15)22-12-4-11-20-22/h1-13H,14H2. The van der Waals surface area contributed by atoms with Crippen molar-refractivity contribution in [3.05, 3.63) is 84.0 Å². The van der Waals surface area contributed by atoms with Crippen LogP contribution in [-0.4, -0.2) is 23.2 Å². The molecular formula is C19H15N3O2S2.